The Hall–Kier alpha value is -0.900. The van der Waals surface area contributed by atoms with Gasteiger partial charge in [-0.2, -0.15) is 0 Å². The smallest absolute Gasteiger partial charge is 0.334 e. The number of ketones is 1. The molecule has 4 heteroatoms. The average Bonchev–Trinajstić information content (AvgIpc) is 2.00. The van der Waals surface area contributed by atoms with E-state index >= 15 is 0 Å². The highest BCUT2D eigenvalue weighted by atomic mass is 16.6. The quantitative estimate of drug-likeness (QED) is 0.568. The van der Waals surface area contributed by atoms with Crippen LogP contribution in [0.5, 0.6) is 0 Å². The van der Waals surface area contributed by atoms with Gasteiger partial charge in [0.2, 0.25) is 0 Å². The summed E-state index contributed by atoms with van der Waals surface area (Å²) in [4.78, 5) is 23.1. The molecule has 0 aromatic rings. The van der Waals surface area contributed by atoms with Crippen molar-refractivity contribution in [2.24, 2.45) is 5.73 Å². The zero-order valence-corrected chi connectivity index (χ0v) is 10.2. The van der Waals surface area contributed by atoms with Crippen molar-refractivity contribution in [3.05, 3.63) is 0 Å². The summed E-state index contributed by atoms with van der Waals surface area (Å²) in [5.41, 5.74) is 3.67. The van der Waals surface area contributed by atoms with Gasteiger partial charge in [0.1, 0.15) is 5.60 Å². The monoisotopic (exact) mass is 215 g/mol. The third-order valence-electron chi connectivity index (χ3n) is 2.04. The van der Waals surface area contributed by atoms with Gasteiger partial charge in [0.15, 0.2) is 11.3 Å². The van der Waals surface area contributed by atoms with E-state index in [1.807, 2.05) is 6.92 Å². The second kappa shape index (κ2) is 4.75. The third kappa shape index (κ3) is 4.00. The molecule has 4 nitrogen and oxygen atoms in total. The maximum atomic E-state index is 11.7. The van der Waals surface area contributed by atoms with Crippen LogP contribution in [-0.4, -0.2) is 22.9 Å². The molecule has 0 aliphatic heterocycles. The van der Waals surface area contributed by atoms with Crippen LogP contribution in [0.2, 0.25) is 0 Å². The second-order valence-electron chi connectivity index (χ2n) is 4.78. The molecule has 0 radical (unpaired) electrons. The van der Waals surface area contributed by atoms with Gasteiger partial charge in [-0.15, -0.1) is 0 Å². The molecule has 0 heterocycles. The van der Waals surface area contributed by atoms with Gasteiger partial charge in [-0.05, 0) is 34.1 Å². The van der Waals surface area contributed by atoms with E-state index in [4.69, 9.17) is 10.5 Å². The first-order valence-corrected chi connectivity index (χ1v) is 5.17. The Kier molecular flexibility index (Phi) is 4.46. The predicted molar refractivity (Wildman–Crippen MR) is 58.4 cm³/mol. The maximum absolute atomic E-state index is 11.7. The van der Waals surface area contributed by atoms with Crippen molar-refractivity contribution < 1.29 is 14.3 Å². The standard InChI is InChI=1S/C11H21NO3/c1-6-7-11(12,8(2)13)9(14)15-10(3,4)5/h6-7,12H2,1-5H3. The summed E-state index contributed by atoms with van der Waals surface area (Å²) in [7, 11) is 0. The van der Waals surface area contributed by atoms with Crippen molar-refractivity contribution >= 4 is 11.8 Å². The van der Waals surface area contributed by atoms with Crippen LogP contribution in [0.3, 0.4) is 0 Å². The van der Waals surface area contributed by atoms with Gasteiger partial charge in [-0.25, -0.2) is 4.79 Å². The zero-order chi connectivity index (χ0) is 12.3. The normalized spacial score (nSPS) is 15.6. The van der Waals surface area contributed by atoms with E-state index in [1.54, 1.807) is 20.8 Å². The van der Waals surface area contributed by atoms with E-state index in [9.17, 15) is 9.59 Å². The number of nitrogens with two attached hydrogens (primary N) is 1. The first-order valence-electron chi connectivity index (χ1n) is 5.17. The molecule has 0 fully saturated rings. The Bertz CT molecular complexity index is 255. The molecule has 0 amide bonds. The Labute approximate surface area is 91.2 Å². The number of hydrogen-bond donors (Lipinski definition) is 1. The summed E-state index contributed by atoms with van der Waals surface area (Å²) < 4.78 is 5.13. The molecule has 0 rings (SSSR count). The number of hydrogen-bond acceptors (Lipinski definition) is 4. The molecule has 1 atom stereocenters. The van der Waals surface area contributed by atoms with Gasteiger partial charge >= 0.3 is 5.97 Å². The highest BCUT2D eigenvalue weighted by molar-refractivity contribution is 6.07. The highest BCUT2D eigenvalue weighted by Gasteiger charge is 2.41. The van der Waals surface area contributed by atoms with Crippen LogP contribution in [0.15, 0.2) is 0 Å². The molecular weight excluding hydrogens is 194 g/mol. The largest absolute Gasteiger partial charge is 0.458 e. The minimum Gasteiger partial charge on any atom is -0.458 e. The molecule has 0 saturated heterocycles. The van der Waals surface area contributed by atoms with E-state index in [0.717, 1.165) is 0 Å². The summed E-state index contributed by atoms with van der Waals surface area (Å²) in [5, 5.41) is 0. The molecule has 15 heavy (non-hydrogen) atoms. The van der Waals surface area contributed by atoms with Crippen LogP contribution >= 0.6 is 0 Å². The summed E-state index contributed by atoms with van der Waals surface area (Å²) in [6, 6.07) is 0. The Morgan fingerprint density at radius 2 is 1.73 bits per heavy atom. The second-order valence-corrected chi connectivity index (χ2v) is 4.78. The summed E-state index contributed by atoms with van der Waals surface area (Å²) in [5.74, 6) is -0.983. The van der Waals surface area contributed by atoms with Crippen LogP contribution in [0.25, 0.3) is 0 Å². The number of esters is 1. The molecule has 0 aliphatic carbocycles. The fraction of sp³-hybridized carbons (Fsp3) is 0.818. The lowest BCUT2D eigenvalue weighted by Gasteiger charge is -2.29. The average molecular weight is 215 g/mol. The van der Waals surface area contributed by atoms with Crippen LogP contribution in [0, 0.1) is 0 Å². The first kappa shape index (κ1) is 14.1. The van der Waals surface area contributed by atoms with Crippen LogP contribution < -0.4 is 5.73 Å². The Balaban J connectivity index is 4.79. The van der Waals surface area contributed by atoms with Crippen molar-refractivity contribution in [2.75, 3.05) is 0 Å². The van der Waals surface area contributed by atoms with E-state index in [1.165, 1.54) is 6.92 Å². The van der Waals surface area contributed by atoms with E-state index in [0.29, 0.717) is 12.8 Å². The van der Waals surface area contributed by atoms with E-state index in [-0.39, 0.29) is 5.78 Å². The fourth-order valence-corrected chi connectivity index (χ4v) is 1.19. The zero-order valence-electron chi connectivity index (χ0n) is 10.2. The number of carbonyl (C=O) groups excluding carboxylic acids is 2. The van der Waals surface area contributed by atoms with Crippen LogP contribution in [0.1, 0.15) is 47.5 Å². The number of carbonyl (C=O) groups is 2. The van der Waals surface area contributed by atoms with Gasteiger partial charge in [0.25, 0.3) is 0 Å². The van der Waals surface area contributed by atoms with Gasteiger partial charge in [0.05, 0.1) is 0 Å². The molecule has 0 aromatic carbocycles. The molecule has 0 spiro atoms. The van der Waals surface area contributed by atoms with Crippen molar-refractivity contribution in [3.63, 3.8) is 0 Å². The van der Waals surface area contributed by atoms with E-state index < -0.39 is 17.1 Å². The van der Waals surface area contributed by atoms with Gasteiger partial charge in [-0.3, -0.25) is 4.79 Å². The lowest BCUT2D eigenvalue weighted by Crippen LogP contribution is -2.56. The van der Waals surface area contributed by atoms with Crippen molar-refractivity contribution in [1.29, 1.82) is 0 Å². The van der Waals surface area contributed by atoms with Gasteiger partial charge in [-0.1, -0.05) is 13.3 Å². The molecule has 0 saturated carbocycles. The number of ether oxygens (including phenoxy) is 1. The summed E-state index contributed by atoms with van der Waals surface area (Å²) in [6.07, 6.45) is 0.979. The van der Waals surface area contributed by atoms with Crippen molar-refractivity contribution in [2.45, 2.75) is 58.6 Å². The lowest BCUT2D eigenvalue weighted by atomic mass is 9.90. The van der Waals surface area contributed by atoms with E-state index in [2.05, 4.69) is 0 Å². The summed E-state index contributed by atoms with van der Waals surface area (Å²) >= 11 is 0. The lowest BCUT2D eigenvalue weighted by molar-refractivity contribution is -0.164. The first-order chi connectivity index (χ1) is 6.63. The minimum absolute atomic E-state index is 0.317. The summed E-state index contributed by atoms with van der Waals surface area (Å²) in [6.45, 7) is 8.43. The molecule has 88 valence electrons. The van der Waals surface area contributed by atoms with Gasteiger partial charge < -0.3 is 10.5 Å². The molecular formula is C11H21NO3. The Morgan fingerprint density at radius 3 is 2.00 bits per heavy atom. The molecule has 0 aliphatic rings. The van der Waals surface area contributed by atoms with Crippen LogP contribution in [0.4, 0.5) is 0 Å². The van der Waals surface area contributed by atoms with Gasteiger partial charge in [0, 0.05) is 0 Å². The number of Topliss-reactive ketones (excluding diaryl/α,β-unsaturated/α-hetero) is 1. The fourth-order valence-electron chi connectivity index (χ4n) is 1.19. The SMILES string of the molecule is CCCC(N)(C(C)=O)C(=O)OC(C)(C)C. The van der Waals surface area contributed by atoms with Crippen LogP contribution in [-0.2, 0) is 14.3 Å². The molecule has 1 unspecified atom stereocenters. The highest BCUT2D eigenvalue weighted by Crippen LogP contribution is 2.18. The molecule has 0 aromatic heterocycles. The predicted octanol–water partition coefficient (Wildman–Crippen LogP) is 1.41. The topological polar surface area (TPSA) is 69.4 Å². The number of rotatable bonds is 4. The van der Waals surface area contributed by atoms with Crippen molar-refractivity contribution in [1.82, 2.24) is 0 Å². The Morgan fingerprint density at radius 1 is 1.27 bits per heavy atom. The maximum Gasteiger partial charge on any atom is 0.334 e. The van der Waals surface area contributed by atoms with Crippen molar-refractivity contribution in [3.8, 4) is 0 Å². The minimum atomic E-state index is -1.48. The molecule has 2 N–H and O–H groups in total. The molecule has 0 bridgehead atoms. The third-order valence-corrected chi connectivity index (χ3v) is 2.04.